The molecule has 0 aromatic heterocycles. The first-order chi connectivity index (χ1) is 27.5. The summed E-state index contributed by atoms with van der Waals surface area (Å²) < 4.78 is 26.3. The first kappa shape index (κ1) is 51.8. The number of carbonyl (C=O) groups is 3. The molecule has 0 aliphatic heterocycles. The Morgan fingerprint density at radius 1 is 0.737 bits per heavy atom. The highest BCUT2D eigenvalue weighted by Crippen LogP contribution is 2.36. The average molecular weight is 819 g/mol. The zero-order valence-electron chi connectivity index (χ0n) is 34.4. The van der Waals surface area contributed by atoms with Crippen LogP contribution in [-0.4, -0.2) is 69.2 Å². The lowest BCUT2D eigenvalue weighted by atomic mass is 9.90. The van der Waals surface area contributed by atoms with Crippen molar-refractivity contribution in [1.82, 2.24) is 0 Å². The third-order valence-electron chi connectivity index (χ3n) is 9.27. The summed E-state index contributed by atoms with van der Waals surface area (Å²) in [5.74, 6) is -1.96. The maximum Gasteiger partial charge on any atom is 0.469 e. The molecule has 12 heteroatoms. The van der Waals surface area contributed by atoms with E-state index in [1.807, 2.05) is 24.3 Å². The van der Waals surface area contributed by atoms with E-state index in [1.54, 1.807) is 12.2 Å². The predicted octanol–water partition coefficient (Wildman–Crippen LogP) is 9.43. The molecule has 0 radical (unpaired) electrons. The van der Waals surface area contributed by atoms with E-state index in [2.05, 4.69) is 67.0 Å². The van der Waals surface area contributed by atoms with Gasteiger partial charge in [-0.2, -0.15) is 0 Å². The van der Waals surface area contributed by atoms with E-state index in [4.69, 9.17) is 19.3 Å². The van der Waals surface area contributed by atoms with E-state index in [0.29, 0.717) is 32.1 Å². The largest absolute Gasteiger partial charge is 0.469 e. The van der Waals surface area contributed by atoms with Crippen LogP contribution in [0.1, 0.15) is 136 Å². The summed E-state index contributed by atoms with van der Waals surface area (Å²) in [5, 5.41) is 20.6. The van der Waals surface area contributed by atoms with E-state index in [1.165, 1.54) is 19.3 Å². The minimum absolute atomic E-state index is 0.00269. The van der Waals surface area contributed by atoms with Crippen molar-refractivity contribution >= 4 is 25.5 Å². The number of hydrogen-bond acceptors (Lipinski definition) is 9. The molecule has 5 atom stereocenters. The number of carbonyl (C=O) groups excluding carboxylic acids is 3. The second-order valence-corrected chi connectivity index (χ2v) is 15.6. The molecule has 0 aromatic carbocycles. The molecule has 0 spiro atoms. The van der Waals surface area contributed by atoms with Gasteiger partial charge in [0.25, 0.3) is 0 Å². The molecule has 0 heterocycles. The van der Waals surface area contributed by atoms with Gasteiger partial charge >= 0.3 is 19.8 Å². The van der Waals surface area contributed by atoms with Crippen molar-refractivity contribution in [3.05, 3.63) is 85.1 Å². The lowest BCUT2D eigenvalue weighted by Gasteiger charge is -2.18. The Labute approximate surface area is 342 Å². The highest BCUT2D eigenvalue weighted by molar-refractivity contribution is 7.46. The van der Waals surface area contributed by atoms with Crippen LogP contribution in [-0.2, 0) is 32.9 Å². The normalized spacial score (nSPS) is 19.2. The highest BCUT2D eigenvalue weighted by atomic mass is 31.2. The Balaban J connectivity index is 2.35. The minimum atomic E-state index is -4.85. The molecule has 57 heavy (non-hydrogen) atoms. The van der Waals surface area contributed by atoms with Gasteiger partial charge in [-0.1, -0.05) is 131 Å². The maximum atomic E-state index is 12.5. The number of ether oxygens (including phenoxy) is 2. The summed E-state index contributed by atoms with van der Waals surface area (Å²) in [6.45, 7) is 3.25. The van der Waals surface area contributed by atoms with Gasteiger partial charge in [-0.3, -0.25) is 18.9 Å². The van der Waals surface area contributed by atoms with Gasteiger partial charge in [0.1, 0.15) is 12.4 Å². The van der Waals surface area contributed by atoms with Crippen molar-refractivity contribution in [2.24, 2.45) is 11.8 Å². The standard InChI is InChI=1S/C45H71O11P/c1-3-5-7-8-9-10-11-12-13-14-15-16-17-18-19-20-21-22-27-31-44(49)54-36-39(37-55-57(51,52)53)56-45(50)32-28-24-23-26-30-40-41(43(48)35-42(40)47)34-33-38(46)29-25-6-4-2/h9-10,12-13,15-16,18-19,21-23,26,33-34,38-41,43,46,48H,3-8,11,14,17,20,24-25,27-32,35-37H2,1-2H3,(H2,51,52,53)/b10-9-,13-12-,16-15-,19-18-,22-21-,26-23-,34-33+/t38-,39+,40+,41+,43+/m0/s1. The number of allylic oxidation sites excluding steroid dienone is 12. The lowest BCUT2D eigenvalue weighted by Crippen LogP contribution is -2.29. The summed E-state index contributed by atoms with van der Waals surface area (Å²) in [7, 11) is -4.85. The van der Waals surface area contributed by atoms with Crippen molar-refractivity contribution < 1.29 is 52.9 Å². The zero-order chi connectivity index (χ0) is 42.0. The fourth-order valence-corrected chi connectivity index (χ4v) is 6.40. The molecule has 0 aromatic rings. The van der Waals surface area contributed by atoms with Crippen molar-refractivity contribution in [2.75, 3.05) is 13.2 Å². The van der Waals surface area contributed by atoms with E-state index in [9.17, 15) is 29.2 Å². The summed E-state index contributed by atoms with van der Waals surface area (Å²) in [6.07, 6.45) is 39.7. The number of esters is 2. The maximum absolute atomic E-state index is 12.5. The number of phosphoric acid groups is 1. The number of ketones is 1. The number of aliphatic hydroxyl groups excluding tert-OH is 2. The molecule has 0 bridgehead atoms. The van der Waals surface area contributed by atoms with Crippen LogP contribution in [0.25, 0.3) is 0 Å². The number of phosphoric ester groups is 1. The molecule has 1 saturated carbocycles. The van der Waals surface area contributed by atoms with Crippen molar-refractivity contribution in [1.29, 1.82) is 0 Å². The Hall–Kier alpha value is -3.18. The summed E-state index contributed by atoms with van der Waals surface area (Å²) in [5.41, 5.74) is 0. The van der Waals surface area contributed by atoms with Gasteiger partial charge in [0.2, 0.25) is 0 Å². The third-order valence-corrected chi connectivity index (χ3v) is 9.75. The molecule has 1 aliphatic rings. The molecule has 322 valence electrons. The average Bonchev–Trinajstić information content (AvgIpc) is 3.44. The molecule has 0 saturated heterocycles. The molecule has 1 fully saturated rings. The van der Waals surface area contributed by atoms with Gasteiger partial charge in [-0.15, -0.1) is 0 Å². The summed E-state index contributed by atoms with van der Waals surface area (Å²) >= 11 is 0. The van der Waals surface area contributed by atoms with Gasteiger partial charge in [-0.25, -0.2) is 4.57 Å². The van der Waals surface area contributed by atoms with Crippen LogP contribution in [0.5, 0.6) is 0 Å². The van der Waals surface area contributed by atoms with E-state index >= 15 is 0 Å². The molecule has 0 unspecified atom stereocenters. The van der Waals surface area contributed by atoms with E-state index < -0.39 is 51.3 Å². The minimum Gasteiger partial charge on any atom is -0.462 e. The van der Waals surface area contributed by atoms with Gasteiger partial charge in [-0.05, 0) is 70.6 Å². The topological polar surface area (TPSA) is 177 Å². The Morgan fingerprint density at radius 2 is 1.30 bits per heavy atom. The fourth-order valence-electron chi connectivity index (χ4n) is 6.04. The van der Waals surface area contributed by atoms with Crippen LogP contribution >= 0.6 is 7.82 Å². The smallest absolute Gasteiger partial charge is 0.462 e. The van der Waals surface area contributed by atoms with Gasteiger partial charge < -0.3 is 29.5 Å². The van der Waals surface area contributed by atoms with Crippen LogP contribution in [0.4, 0.5) is 0 Å². The van der Waals surface area contributed by atoms with Gasteiger partial charge in [0.15, 0.2) is 6.10 Å². The monoisotopic (exact) mass is 818 g/mol. The molecular weight excluding hydrogens is 747 g/mol. The van der Waals surface area contributed by atoms with Crippen molar-refractivity contribution in [3.63, 3.8) is 0 Å². The second kappa shape index (κ2) is 33.8. The molecule has 1 rings (SSSR count). The predicted molar refractivity (Wildman–Crippen MR) is 226 cm³/mol. The van der Waals surface area contributed by atoms with Crippen LogP contribution in [0.15, 0.2) is 85.1 Å². The molecular formula is C45H71O11P. The third kappa shape index (κ3) is 29.7. The number of aliphatic hydroxyl groups is 2. The number of hydrogen-bond donors (Lipinski definition) is 4. The van der Waals surface area contributed by atoms with Crippen LogP contribution < -0.4 is 0 Å². The molecule has 0 amide bonds. The summed E-state index contributed by atoms with van der Waals surface area (Å²) in [4.78, 5) is 55.5. The number of Topliss-reactive ketones (excluding diaryl/α,β-unsaturated/α-hetero) is 1. The SMILES string of the molecule is CCCCC/C=C\C/C=C\C/C=C\C/C=C\C/C=C\CCC(=O)OC[C@H](COP(=O)(O)O)OC(=O)CCC/C=C\C[C@H]1C(=O)C[C@@H](O)[C@@H]1/C=C/[C@@H](O)CCCCC. The number of unbranched alkanes of at least 4 members (excludes halogenated alkanes) is 6. The van der Waals surface area contributed by atoms with Gasteiger partial charge in [0, 0.05) is 31.1 Å². The van der Waals surface area contributed by atoms with Crippen LogP contribution in [0.2, 0.25) is 0 Å². The summed E-state index contributed by atoms with van der Waals surface area (Å²) in [6, 6.07) is 0. The first-order valence-corrected chi connectivity index (χ1v) is 22.5. The Kier molecular flexibility index (Phi) is 30.7. The quantitative estimate of drug-likeness (QED) is 0.0215. The Morgan fingerprint density at radius 3 is 1.91 bits per heavy atom. The first-order valence-electron chi connectivity index (χ1n) is 21.0. The lowest BCUT2D eigenvalue weighted by molar-refractivity contribution is -0.161. The zero-order valence-corrected chi connectivity index (χ0v) is 35.3. The van der Waals surface area contributed by atoms with E-state index in [0.717, 1.165) is 51.4 Å². The van der Waals surface area contributed by atoms with E-state index in [-0.39, 0.29) is 36.9 Å². The van der Waals surface area contributed by atoms with Crippen molar-refractivity contribution in [3.8, 4) is 0 Å². The highest BCUT2D eigenvalue weighted by Gasteiger charge is 2.39. The number of rotatable bonds is 33. The second-order valence-electron chi connectivity index (χ2n) is 14.4. The fraction of sp³-hybridized carbons (Fsp3) is 0.622. The van der Waals surface area contributed by atoms with Crippen LogP contribution in [0, 0.1) is 11.8 Å². The molecule has 1 aliphatic carbocycles. The molecule has 4 N–H and O–H groups in total. The van der Waals surface area contributed by atoms with Gasteiger partial charge in [0.05, 0.1) is 18.8 Å². The Bertz CT molecular complexity index is 1360. The van der Waals surface area contributed by atoms with Crippen molar-refractivity contribution in [2.45, 2.75) is 154 Å². The molecule has 11 nitrogen and oxygen atoms in total. The van der Waals surface area contributed by atoms with Crippen LogP contribution in [0.3, 0.4) is 0 Å².